The highest BCUT2D eigenvalue weighted by Gasteiger charge is 2.39. The maximum absolute atomic E-state index is 12.4. The lowest BCUT2D eigenvalue weighted by Gasteiger charge is -2.36. The summed E-state index contributed by atoms with van der Waals surface area (Å²) in [5, 5.41) is 0. The van der Waals surface area contributed by atoms with Gasteiger partial charge in [0.25, 0.3) is 5.56 Å². The van der Waals surface area contributed by atoms with Crippen LogP contribution in [0.25, 0.3) is 0 Å². The van der Waals surface area contributed by atoms with E-state index in [0.29, 0.717) is 18.6 Å². The quantitative estimate of drug-likeness (QED) is 0.339. The van der Waals surface area contributed by atoms with Crippen molar-refractivity contribution in [1.82, 2.24) is 9.55 Å². The van der Waals surface area contributed by atoms with Gasteiger partial charge in [0.2, 0.25) is 0 Å². The van der Waals surface area contributed by atoms with Crippen LogP contribution in [0.3, 0.4) is 0 Å². The van der Waals surface area contributed by atoms with Crippen molar-refractivity contribution < 1.29 is 9.47 Å². The van der Waals surface area contributed by atoms with E-state index in [4.69, 9.17) is 9.47 Å². The molecule has 6 heteroatoms. The van der Waals surface area contributed by atoms with Crippen molar-refractivity contribution in [3.8, 4) is 0 Å². The summed E-state index contributed by atoms with van der Waals surface area (Å²) in [6, 6.07) is 30.6. The van der Waals surface area contributed by atoms with E-state index >= 15 is 0 Å². The second kappa shape index (κ2) is 12.0. The number of hydrogen-bond acceptors (Lipinski definition) is 4. The fourth-order valence-corrected chi connectivity index (χ4v) is 4.80. The third-order valence-electron chi connectivity index (χ3n) is 6.57. The predicted molar refractivity (Wildman–Crippen MR) is 146 cm³/mol. The van der Waals surface area contributed by atoms with Gasteiger partial charge in [0.1, 0.15) is 11.8 Å². The van der Waals surface area contributed by atoms with Crippen molar-refractivity contribution in [3.63, 3.8) is 0 Å². The van der Waals surface area contributed by atoms with Crippen LogP contribution in [0.5, 0.6) is 0 Å². The van der Waals surface area contributed by atoms with Gasteiger partial charge in [-0.05, 0) is 36.5 Å². The Kier molecular flexibility index (Phi) is 8.54. The molecule has 192 valence electrons. The molecule has 3 aromatic carbocycles. The van der Waals surface area contributed by atoms with Crippen LogP contribution in [0.1, 0.15) is 55.2 Å². The molecule has 1 saturated heterocycles. The molecule has 4 aromatic rings. The van der Waals surface area contributed by atoms with E-state index in [1.807, 2.05) is 68.4 Å². The predicted octanol–water partition coefficient (Wildman–Crippen LogP) is 5.56. The highest BCUT2D eigenvalue weighted by Crippen LogP contribution is 2.41. The molecular formula is C31H34N2O4. The molecule has 0 bridgehead atoms. The Morgan fingerprint density at radius 2 is 1.32 bits per heavy atom. The largest absolute Gasteiger partial charge is 0.358 e. The first-order chi connectivity index (χ1) is 18.1. The first-order valence-corrected chi connectivity index (χ1v) is 12.9. The van der Waals surface area contributed by atoms with Crippen molar-refractivity contribution in [3.05, 3.63) is 140 Å². The summed E-state index contributed by atoms with van der Waals surface area (Å²) in [5.41, 5.74) is 1.90. The lowest BCUT2D eigenvalue weighted by atomic mass is 9.80. The first kappa shape index (κ1) is 26.3. The van der Waals surface area contributed by atoms with Crippen LogP contribution < -0.4 is 11.2 Å². The van der Waals surface area contributed by atoms with E-state index in [9.17, 15) is 9.59 Å². The second-order valence-electron chi connectivity index (χ2n) is 8.86. The molecule has 37 heavy (non-hydrogen) atoms. The van der Waals surface area contributed by atoms with Gasteiger partial charge in [0.05, 0.1) is 12.7 Å². The molecule has 1 aliphatic rings. The van der Waals surface area contributed by atoms with Crippen LogP contribution in [0.15, 0.2) is 107 Å². The molecule has 0 amide bonds. The SMILES string of the molecule is CC.Cc1cn(C2CC[C@@H](COC(c3ccccc3)(c3ccccc3)c3ccccc3)O2)c(=O)[nH]c1=O. The Morgan fingerprint density at radius 1 is 0.838 bits per heavy atom. The van der Waals surface area contributed by atoms with Crippen LogP contribution in [-0.4, -0.2) is 22.3 Å². The van der Waals surface area contributed by atoms with Gasteiger partial charge in [0, 0.05) is 11.8 Å². The molecule has 2 atom stereocenters. The molecule has 1 N–H and O–H groups in total. The minimum absolute atomic E-state index is 0.199. The van der Waals surface area contributed by atoms with Crippen molar-refractivity contribution in [1.29, 1.82) is 0 Å². The summed E-state index contributed by atoms with van der Waals surface area (Å²) in [4.78, 5) is 26.5. The lowest BCUT2D eigenvalue weighted by Crippen LogP contribution is -2.36. The Hall–Kier alpha value is -3.74. The monoisotopic (exact) mass is 498 g/mol. The van der Waals surface area contributed by atoms with Crippen LogP contribution >= 0.6 is 0 Å². The average Bonchev–Trinajstić information content (AvgIpc) is 3.43. The van der Waals surface area contributed by atoms with Gasteiger partial charge < -0.3 is 9.47 Å². The van der Waals surface area contributed by atoms with Crippen LogP contribution in [0, 0.1) is 6.92 Å². The third-order valence-corrected chi connectivity index (χ3v) is 6.57. The molecule has 2 heterocycles. The van der Waals surface area contributed by atoms with Gasteiger partial charge in [-0.1, -0.05) is 105 Å². The number of benzene rings is 3. The number of aromatic nitrogens is 2. The van der Waals surface area contributed by atoms with Crippen LogP contribution in [0.4, 0.5) is 0 Å². The topological polar surface area (TPSA) is 73.3 Å². The zero-order chi connectivity index (χ0) is 26.3. The van der Waals surface area contributed by atoms with Gasteiger partial charge >= 0.3 is 5.69 Å². The minimum atomic E-state index is -0.823. The number of H-pyrrole nitrogens is 1. The van der Waals surface area contributed by atoms with E-state index in [0.717, 1.165) is 23.1 Å². The molecule has 1 unspecified atom stereocenters. The van der Waals surface area contributed by atoms with E-state index < -0.39 is 17.5 Å². The molecule has 5 rings (SSSR count). The summed E-state index contributed by atoms with van der Waals surface area (Å²) in [5.74, 6) is 0. The van der Waals surface area contributed by atoms with E-state index in [2.05, 4.69) is 41.4 Å². The Morgan fingerprint density at radius 3 is 1.81 bits per heavy atom. The van der Waals surface area contributed by atoms with E-state index in [1.165, 1.54) is 4.57 Å². The van der Waals surface area contributed by atoms with Crippen molar-refractivity contribution in [2.24, 2.45) is 0 Å². The zero-order valence-electron chi connectivity index (χ0n) is 21.6. The van der Waals surface area contributed by atoms with E-state index in [-0.39, 0.29) is 11.7 Å². The average molecular weight is 499 g/mol. The number of rotatable bonds is 7. The van der Waals surface area contributed by atoms with Crippen LogP contribution in [-0.2, 0) is 15.1 Å². The maximum Gasteiger partial charge on any atom is 0.330 e. The van der Waals surface area contributed by atoms with Gasteiger partial charge in [-0.2, -0.15) is 0 Å². The summed E-state index contributed by atoms with van der Waals surface area (Å²) >= 11 is 0. The summed E-state index contributed by atoms with van der Waals surface area (Å²) < 4.78 is 14.6. The molecular weight excluding hydrogens is 464 g/mol. The Balaban J connectivity index is 0.00000156. The highest BCUT2D eigenvalue weighted by molar-refractivity contribution is 5.47. The van der Waals surface area contributed by atoms with Crippen molar-refractivity contribution in [2.45, 2.75) is 51.5 Å². The summed E-state index contributed by atoms with van der Waals surface area (Å²) in [6.45, 7) is 6.02. The highest BCUT2D eigenvalue weighted by atomic mass is 16.6. The first-order valence-electron chi connectivity index (χ1n) is 12.9. The number of nitrogens with one attached hydrogen (secondary N) is 1. The second-order valence-corrected chi connectivity index (χ2v) is 8.86. The Bertz CT molecular complexity index is 1280. The normalized spacial score (nSPS) is 17.2. The number of aryl methyl sites for hydroxylation is 1. The Labute approximate surface area is 217 Å². The molecule has 0 aliphatic carbocycles. The molecule has 1 fully saturated rings. The van der Waals surface area contributed by atoms with Gasteiger partial charge in [-0.15, -0.1) is 0 Å². The lowest BCUT2D eigenvalue weighted by molar-refractivity contribution is -0.0774. The smallest absolute Gasteiger partial charge is 0.330 e. The summed E-state index contributed by atoms with van der Waals surface area (Å²) in [6.07, 6.45) is 2.33. The van der Waals surface area contributed by atoms with Gasteiger partial charge in [-0.3, -0.25) is 14.3 Å². The standard InChI is InChI=1S/C29H28N2O4.C2H6/c1-21-19-31(28(33)30-27(21)32)26-18-17-25(35-26)20-34-29(22-11-5-2-6-12-22,23-13-7-3-8-14-23)24-15-9-4-10-16-24;1-2/h2-16,19,25-26H,17-18,20H2,1H3,(H,30,32,33);1-2H3/t25-,26?;/m0./s1. The molecule has 0 spiro atoms. The molecule has 6 nitrogen and oxygen atoms in total. The van der Waals surface area contributed by atoms with Gasteiger partial charge in [0.15, 0.2) is 0 Å². The molecule has 0 radical (unpaired) electrons. The molecule has 1 aromatic heterocycles. The molecule has 1 aliphatic heterocycles. The number of ether oxygens (including phenoxy) is 2. The number of nitrogens with zero attached hydrogens (tertiary/aromatic N) is 1. The maximum atomic E-state index is 12.4. The van der Waals surface area contributed by atoms with Gasteiger partial charge in [-0.25, -0.2) is 4.79 Å². The number of hydrogen-bond donors (Lipinski definition) is 1. The van der Waals surface area contributed by atoms with E-state index in [1.54, 1.807) is 13.1 Å². The number of aromatic amines is 1. The summed E-state index contributed by atoms with van der Waals surface area (Å²) in [7, 11) is 0. The fourth-order valence-electron chi connectivity index (χ4n) is 4.80. The third kappa shape index (κ3) is 5.50. The van der Waals surface area contributed by atoms with Crippen molar-refractivity contribution in [2.75, 3.05) is 6.61 Å². The van der Waals surface area contributed by atoms with Crippen molar-refractivity contribution >= 4 is 0 Å². The zero-order valence-corrected chi connectivity index (χ0v) is 21.6. The fraction of sp³-hybridized carbons (Fsp3) is 0.290. The minimum Gasteiger partial charge on any atom is -0.358 e. The van der Waals surface area contributed by atoms with Crippen LogP contribution in [0.2, 0.25) is 0 Å². The molecule has 0 saturated carbocycles.